The van der Waals surface area contributed by atoms with Crippen LogP contribution in [-0.4, -0.2) is 17.2 Å². The second-order valence-electron chi connectivity index (χ2n) is 4.14. The van der Waals surface area contributed by atoms with E-state index >= 15 is 0 Å². The molecule has 2 aromatic carbocycles. The van der Waals surface area contributed by atoms with Gasteiger partial charge in [-0.15, -0.1) is 0 Å². The second kappa shape index (κ2) is 5.76. The summed E-state index contributed by atoms with van der Waals surface area (Å²) in [5, 5.41) is 9.48. The molecule has 0 radical (unpaired) electrons. The lowest BCUT2D eigenvalue weighted by Gasteiger charge is -2.11. The van der Waals surface area contributed by atoms with Crippen molar-refractivity contribution in [3.8, 4) is 16.9 Å². The van der Waals surface area contributed by atoms with Crippen molar-refractivity contribution >= 4 is 17.6 Å². The zero-order valence-electron chi connectivity index (χ0n) is 10.3. The summed E-state index contributed by atoms with van der Waals surface area (Å²) in [6.07, 6.45) is -0.880. The Balaban J connectivity index is 2.27. The molecule has 0 bridgehead atoms. The minimum atomic E-state index is -0.992. The first-order valence-electron chi connectivity index (χ1n) is 5.82. The molecule has 2 aromatic rings. The van der Waals surface area contributed by atoms with Gasteiger partial charge in [0.2, 0.25) is 0 Å². The second-order valence-corrected chi connectivity index (χ2v) is 4.57. The average molecular weight is 277 g/mol. The number of hydrogen-bond donors (Lipinski definition) is 1. The largest absolute Gasteiger partial charge is 0.479 e. The van der Waals surface area contributed by atoms with Gasteiger partial charge in [0.25, 0.3) is 0 Å². The van der Waals surface area contributed by atoms with Gasteiger partial charge in [-0.05, 0) is 42.3 Å². The maximum absolute atomic E-state index is 10.8. The molecule has 19 heavy (non-hydrogen) atoms. The Labute approximate surface area is 116 Å². The average Bonchev–Trinajstić information content (AvgIpc) is 2.39. The molecular weight excluding hydrogens is 264 g/mol. The zero-order valence-corrected chi connectivity index (χ0v) is 11.1. The zero-order chi connectivity index (χ0) is 13.8. The van der Waals surface area contributed by atoms with Crippen LogP contribution in [0, 0.1) is 0 Å². The Morgan fingerprint density at radius 3 is 2.42 bits per heavy atom. The minimum absolute atomic E-state index is 0.521. The molecular formula is C15H13ClO3. The standard InChI is InChI=1S/C15H13ClO3/c1-10(15(17)18)19-14-7-3-5-12(9-14)11-4-2-6-13(16)8-11/h2-10H,1H3,(H,17,18). The number of carboxylic acids is 1. The number of halogens is 1. The van der Waals surface area contributed by atoms with Gasteiger partial charge in [-0.25, -0.2) is 4.79 Å². The molecule has 0 spiro atoms. The lowest BCUT2D eigenvalue weighted by molar-refractivity contribution is -0.144. The Kier molecular flexibility index (Phi) is 4.07. The van der Waals surface area contributed by atoms with Crippen LogP contribution in [0.3, 0.4) is 0 Å². The van der Waals surface area contributed by atoms with Crippen molar-refractivity contribution in [1.29, 1.82) is 0 Å². The molecule has 0 heterocycles. The minimum Gasteiger partial charge on any atom is -0.479 e. The molecule has 1 unspecified atom stereocenters. The van der Waals surface area contributed by atoms with Crippen LogP contribution in [0.1, 0.15) is 6.92 Å². The van der Waals surface area contributed by atoms with Gasteiger partial charge in [-0.2, -0.15) is 0 Å². The number of benzene rings is 2. The topological polar surface area (TPSA) is 46.5 Å². The molecule has 4 heteroatoms. The molecule has 0 saturated carbocycles. The van der Waals surface area contributed by atoms with Crippen molar-refractivity contribution in [1.82, 2.24) is 0 Å². The Bertz CT molecular complexity index is 595. The van der Waals surface area contributed by atoms with Crippen LogP contribution in [0.5, 0.6) is 5.75 Å². The van der Waals surface area contributed by atoms with E-state index in [4.69, 9.17) is 21.4 Å². The van der Waals surface area contributed by atoms with Crippen LogP contribution in [0.25, 0.3) is 11.1 Å². The van der Waals surface area contributed by atoms with Gasteiger partial charge in [-0.3, -0.25) is 0 Å². The summed E-state index contributed by atoms with van der Waals surface area (Å²) in [6, 6.07) is 14.7. The number of carboxylic acid groups (broad SMARTS) is 1. The number of carbonyl (C=O) groups is 1. The van der Waals surface area contributed by atoms with Crippen LogP contribution in [0.4, 0.5) is 0 Å². The summed E-state index contributed by atoms with van der Waals surface area (Å²) in [6.45, 7) is 1.49. The predicted molar refractivity (Wildman–Crippen MR) is 74.6 cm³/mol. The van der Waals surface area contributed by atoms with Crippen molar-refractivity contribution in [3.05, 3.63) is 53.6 Å². The molecule has 3 nitrogen and oxygen atoms in total. The monoisotopic (exact) mass is 276 g/mol. The van der Waals surface area contributed by atoms with E-state index in [9.17, 15) is 4.79 Å². The summed E-state index contributed by atoms with van der Waals surface area (Å²) in [5.74, 6) is -0.472. The fraction of sp³-hybridized carbons (Fsp3) is 0.133. The van der Waals surface area contributed by atoms with E-state index in [0.29, 0.717) is 10.8 Å². The summed E-state index contributed by atoms with van der Waals surface area (Å²) < 4.78 is 5.34. The molecule has 0 aliphatic rings. The highest BCUT2D eigenvalue weighted by Crippen LogP contribution is 2.26. The van der Waals surface area contributed by atoms with Crippen LogP contribution in [-0.2, 0) is 4.79 Å². The Morgan fingerprint density at radius 1 is 1.16 bits per heavy atom. The number of hydrogen-bond acceptors (Lipinski definition) is 2. The highest BCUT2D eigenvalue weighted by Gasteiger charge is 2.12. The summed E-state index contributed by atoms with van der Waals surface area (Å²) in [7, 11) is 0. The van der Waals surface area contributed by atoms with Crippen molar-refractivity contribution in [3.63, 3.8) is 0 Å². The maximum atomic E-state index is 10.8. The van der Waals surface area contributed by atoms with E-state index in [2.05, 4.69) is 0 Å². The molecule has 2 rings (SSSR count). The number of aliphatic carboxylic acids is 1. The van der Waals surface area contributed by atoms with E-state index in [1.807, 2.05) is 30.3 Å². The van der Waals surface area contributed by atoms with Gasteiger partial charge >= 0.3 is 5.97 Å². The van der Waals surface area contributed by atoms with Crippen LogP contribution in [0.15, 0.2) is 48.5 Å². The third-order valence-electron chi connectivity index (χ3n) is 2.65. The van der Waals surface area contributed by atoms with Gasteiger partial charge in [0.05, 0.1) is 0 Å². The molecule has 0 amide bonds. The first kappa shape index (κ1) is 13.4. The Morgan fingerprint density at radius 2 is 1.79 bits per heavy atom. The van der Waals surface area contributed by atoms with Gasteiger partial charge in [0, 0.05) is 5.02 Å². The first-order chi connectivity index (χ1) is 9.06. The fourth-order valence-electron chi connectivity index (χ4n) is 1.67. The van der Waals surface area contributed by atoms with Crippen molar-refractivity contribution < 1.29 is 14.6 Å². The van der Waals surface area contributed by atoms with E-state index in [-0.39, 0.29) is 0 Å². The highest BCUT2D eigenvalue weighted by atomic mass is 35.5. The molecule has 0 fully saturated rings. The number of ether oxygens (including phenoxy) is 1. The molecule has 1 N–H and O–H groups in total. The smallest absolute Gasteiger partial charge is 0.344 e. The molecule has 0 aliphatic heterocycles. The van der Waals surface area contributed by atoms with E-state index in [0.717, 1.165) is 11.1 Å². The lowest BCUT2D eigenvalue weighted by Crippen LogP contribution is -2.22. The van der Waals surface area contributed by atoms with Gasteiger partial charge in [-0.1, -0.05) is 35.9 Å². The quantitative estimate of drug-likeness (QED) is 0.922. The van der Waals surface area contributed by atoms with Crippen LogP contribution < -0.4 is 4.74 Å². The van der Waals surface area contributed by atoms with Crippen molar-refractivity contribution in [2.75, 3.05) is 0 Å². The normalized spacial score (nSPS) is 11.9. The van der Waals surface area contributed by atoms with Crippen LogP contribution >= 0.6 is 11.6 Å². The van der Waals surface area contributed by atoms with Gasteiger partial charge < -0.3 is 9.84 Å². The molecule has 0 aliphatic carbocycles. The fourth-order valence-corrected chi connectivity index (χ4v) is 1.86. The van der Waals surface area contributed by atoms with Crippen LogP contribution in [0.2, 0.25) is 5.02 Å². The summed E-state index contributed by atoms with van der Waals surface area (Å²) >= 11 is 5.95. The molecule has 98 valence electrons. The van der Waals surface area contributed by atoms with E-state index in [1.54, 1.807) is 18.2 Å². The van der Waals surface area contributed by atoms with E-state index < -0.39 is 12.1 Å². The lowest BCUT2D eigenvalue weighted by atomic mass is 10.1. The summed E-state index contributed by atoms with van der Waals surface area (Å²) in [5.41, 5.74) is 1.89. The van der Waals surface area contributed by atoms with Crippen molar-refractivity contribution in [2.45, 2.75) is 13.0 Å². The Hall–Kier alpha value is -2.00. The maximum Gasteiger partial charge on any atom is 0.344 e. The SMILES string of the molecule is CC(Oc1cccc(-c2cccc(Cl)c2)c1)C(=O)O. The third-order valence-corrected chi connectivity index (χ3v) is 2.89. The first-order valence-corrected chi connectivity index (χ1v) is 6.19. The van der Waals surface area contributed by atoms with Gasteiger partial charge in [0.15, 0.2) is 6.10 Å². The molecule has 0 saturated heterocycles. The van der Waals surface area contributed by atoms with Crippen molar-refractivity contribution in [2.24, 2.45) is 0 Å². The number of rotatable bonds is 4. The van der Waals surface area contributed by atoms with Gasteiger partial charge in [0.1, 0.15) is 5.75 Å². The third kappa shape index (κ3) is 3.48. The summed E-state index contributed by atoms with van der Waals surface area (Å²) in [4.78, 5) is 10.8. The van der Waals surface area contributed by atoms with E-state index in [1.165, 1.54) is 6.92 Å². The highest BCUT2D eigenvalue weighted by molar-refractivity contribution is 6.30. The molecule has 1 atom stereocenters. The predicted octanol–water partition coefficient (Wildman–Crippen LogP) is 3.86. The molecule has 0 aromatic heterocycles.